The number of hydrogen-bond acceptors (Lipinski definition) is 4. The Morgan fingerprint density at radius 2 is 1.28 bits per heavy atom. The fourth-order valence-corrected chi connectivity index (χ4v) is 3.86. The first-order valence-corrected chi connectivity index (χ1v) is 12.6. The number of unbranched alkanes of at least 4 members (excludes halogenated alkanes) is 12. The molecule has 0 spiro atoms. The molecule has 0 heterocycles. The van der Waals surface area contributed by atoms with Gasteiger partial charge >= 0.3 is 11.9 Å². The van der Waals surface area contributed by atoms with Gasteiger partial charge in [-0.25, -0.2) is 0 Å². The lowest BCUT2D eigenvalue weighted by Crippen LogP contribution is -2.17. The molecule has 0 bridgehead atoms. The van der Waals surface area contributed by atoms with Crippen LogP contribution in [-0.4, -0.2) is 29.8 Å². The van der Waals surface area contributed by atoms with Gasteiger partial charge in [-0.1, -0.05) is 107 Å². The first-order valence-electron chi connectivity index (χ1n) is 12.6. The lowest BCUT2D eigenvalue weighted by atomic mass is 10.0. The van der Waals surface area contributed by atoms with Crippen LogP contribution in [0.3, 0.4) is 0 Å². The zero-order chi connectivity index (χ0) is 23.3. The van der Waals surface area contributed by atoms with Crippen LogP contribution in [0.25, 0.3) is 0 Å². The highest BCUT2D eigenvalue weighted by atomic mass is 16.5. The molecule has 0 radical (unpaired) electrons. The minimum Gasteiger partial charge on any atom is -0.481 e. The van der Waals surface area contributed by atoms with Gasteiger partial charge < -0.3 is 14.6 Å². The number of aliphatic carboxylic acids is 1. The van der Waals surface area contributed by atoms with E-state index < -0.39 is 5.97 Å². The maximum absolute atomic E-state index is 11.1. The van der Waals surface area contributed by atoms with Crippen molar-refractivity contribution < 1.29 is 24.2 Å². The Bertz CT molecular complexity index is 587. The second-order valence-corrected chi connectivity index (χ2v) is 8.74. The fraction of sp³-hybridized carbons (Fsp3) is 0.704. The third-order valence-corrected chi connectivity index (χ3v) is 5.71. The highest BCUT2D eigenvalue weighted by Gasteiger charge is 2.13. The number of ether oxygens (including phenoxy) is 2. The van der Waals surface area contributed by atoms with Gasteiger partial charge in [0.05, 0.1) is 25.7 Å². The molecule has 1 N–H and O–H groups in total. The summed E-state index contributed by atoms with van der Waals surface area (Å²) >= 11 is 0. The Morgan fingerprint density at radius 1 is 0.781 bits per heavy atom. The molecule has 1 aromatic carbocycles. The molecule has 1 atom stereocenters. The largest absolute Gasteiger partial charge is 0.481 e. The lowest BCUT2D eigenvalue weighted by molar-refractivity contribution is -0.141. The van der Waals surface area contributed by atoms with Crippen molar-refractivity contribution in [1.29, 1.82) is 0 Å². The van der Waals surface area contributed by atoms with E-state index in [0.29, 0.717) is 13.2 Å². The van der Waals surface area contributed by atoms with E-state index in [2.05, 4.69) is 0 Å². The van der Waals surface area contributed by atoms with Crippen molar-refractivity contribution in [2.75, 3.05) is 6.61 Å². The maximum Gasteiger partial charge on any atom is 0.305 e. The van der Waals surface area contributed by atoms with Crippen molar-refractivity contribution in [3.05, 3.63) is 35.9 Å². The van der Waals surface area contributed by atoms with Gasteiger partial charge in [-0.05, 0) is 18.4 Å². The van der Waals surface area contributed by atoms with Crippen LogP contribution in [0.15, 0.2) is 30.3 Å². The average molecular weight is 449 g/mol. The molecule has 0 saturated carbocycles. The number of carbonyl (C=O) groups excluding carboxylic acids is 1. The number of benzene rings is 1. The Labute approximate surface area is 194 Å². The Hall–Kier alpha value is -1.88. The molecule has 32 heavy (non-hydrogen) atoms. The van der Waals surface area contributed by atoms with Gasteiger partial charge in [0.2, 0.25) is 0 Å². The molecule has 1 unspecified atom stereocenters. The summed E-state index contributed by atoms with van der Waals surface area (Å²) in [5.41, 5.74) is 1.09. The summed E-state index contributed by atoms with van der Waals surface area (Å²) in [6, 6.07) is 9.93. The minimum absolute atomic E-state index is 0.0824. The Morgan fingerprint density at radius 3 is 1.78 bits per heavy atom. The average Bonchev–Trinajstić information content (AvgIpc) is 2.77. The van der Waals surface area contributed by atoms with E-state index in [-0.39, 0.29) is 18.5 Å². The van der Waals surface area contributed by atoms with Gasteiger partial charge in [-0.15, -0.1) is 0 Å². The van der Waals surface area contributed by atoms with Crippen molar-refractivity contribution >= 4 is 11.9 Å². The van der Waals surface area contributed by atoms with Crippen LogP contribution in [0.5, 0.6) is 0 Å². The molecule has 0 aliphatic heterocycles. The van der Waals surface area contributed by atoms with Crippen LogP contribution in [0.4, 0.5) is 0 Å². The SMILES string of the molecule is CC(=O)OCCCCCCCCCCCCCCCC(CC(=O)O)OCc1ccccc1. The van der Waals surface area contributed by atoms with Crippen molar-refractivity contribution in [3.8, 4) is 0 Å². The van der Waals surface area contributed by atoms with Crippen LogP contribution < -0.4 is 0 Å². The molecule has 0 aliphatic carbocycles. The molecule has 1 rings (SSSR count). The number of hydrogen-bond donors (Lipinski definition) is 1. The van der Waals surface area contributed by atoms with Crippen molar-refractivity contribution in [2.24, 2.45) is 0 Å². The fourth-order valence-electron chi connectivity index (χ4n) is 3.86. The van der Waals surface area contributed by atoms with Crippen LogP contribution in [-0.2, 0) is 25.7 Å². The van der Waals surface area contributed by atoms with Crippen LogP contribution in [0, 0.1) is 0 Å². The van der Waals surface area contributed by atoms with Gasteiger partial charge in [0.15, 0.2) is 0 Å². The molecule has 1 aromatic rings. The molecule has 5 nitrogen and oxygen atoms in total. The Kier molecular flexibility index (Phi) is 17.4. The highest BCUT2D eigenvalue weighted by molar-refractivity contribution is 5.67. The topological polar surface area (TPSA) is 72.8 Å². The van der Waals surface area contributed by atoms with E-state index in [9.17, 15) is 9.59 Å². The van der Waals surface area contributed by atoms with E-state index in [0.717, 1.165) is 37.7 Å². The summed E-state index contributed by atoms with van der Waals surface area (Å²) in [4.78, 5) is 21.8. The second kappa shape index (κ2) is 19.8. The lowest BCUT2D eigenvalue weighted by Gasteiger charge is -2.16. The number of esters is 1. The third kappa shape index (κ3) is 17.8. The van der Waals surface area contributed by atoms with Crippen LogP contribution >= 0.6 is 0 Å². The standard InChI is InChI=1S/C27H44O5/c1-24(28)31-21-17-12-10-8-6-4-2-3-5-7-9-11-16-20-26(22-27(29)30)32-23-25-18-14-13-15-19-25/h13-15,18-19,26H,2-12,16-17,20-23H2,1H3,(H,29,30). The molecule has 0 fully saturated rings. The van der Waals surface area contributed by atoms with Crippen LogP contribution in [0.1, 0.15) is 109 Å². The van der Waals surface area contributed by atoms with Gasteiger partial charge in [0.1, 0.15) is 0 Å². The summed E-state index contributed by atoms with van der Waals surface area (Å²) in [5, 5.41) is 9.13. The Balaban J connectivity index is 1.91. The van der Waals surface area contributed by atoms with Gasteiger partial charge in [0, 0.05) is 6.92 Å². The first-order chi connectivity index (χ1) is 15.6. The number of carboxylic acids is 1. The van der Waals surface area contributed by atoms with Gasteiger partial charge in [-0.3, -0.25) is 9.59 Å². The summed E-state index contributed by atoms with van der Waals surface area (Å²) in [7, 11) is 0. The van der Waals surface area contributed by atoms with Crippen molar-refractivity contribution in [2.45, 2.75) is 116 Å². The van der Waals surface area contributed by atoms with Gasteiger partial charge in [-0.2, -0.15) is 0 Å². The van der Waals surface area contributed by atoms with E-state index in [1.165, 1.54) is 64.7 Å². The minimum atomic E-state index is -0.787. The molecular weight excluding hydrogens is 404 g/mol. The normalized spacial score (nSPS) is 11.9. The van der Waals surface area contributed by atoms with E-state index in [1.807, 2.05) is 30.3 Å². The molecule has 0 aliphatic rings. The zero-order valence-corrected chi connectivity index (χ0v) is 20.1. The maximum atomic E-state index is 11.1. The highest BCUT2D eigenvalue weighted by Crippen LogP contribution is 2.16. The first kappa shape index (κ1) is 28.2. The number of carboxylic acid groups (broad SMARTS) is 1. The molecule has 182 valence electrons. The third-order valence-electron chi connectivity index (χ3n) is 5.71. The quantitative estimate of drug-likeness (QED) is 0.161. The van der Waals surface area contributed by atoms with Crippen molar-refractivity contribution in [1.82, 2.24) is 0 Å². The number of carbonyl (C=O) groups is 2. The summed E-state index contributed by atoms with van der Waals surface area (Å²) < 4.78 is 10.8. The molecular formula is C27H44O5. The second-order valence-electron chi connectivity index (χ2n) is 8.74. The number of rotatable bonds is 21. The smallest absolute Gasteiger partial charge is 0.305 e. The van der Waals surface area contributed by atoms with E-state index in [4.69, 9.17) is 14.6 Å². The van der Waals surface area contributed by atoms with Gasteiger partial charge in [0.25, 0.3) is 0 Å². The molecule has 0 saturated heterocycles. The predicted molar refractivity (Wildman–Crippen MR) is 129 cm³/mol. The summed E-state index contributed by atoms with van der Waals surface area (Å²) in [6.07, 6.45) is 16.6. The monoisotopic (exact) mass is 448 g/mol. The molecule has 5 heteroatoms. The predicted octanol–water partition coefficient (Wildman–Crippen LogP) is 7.07. The van der Waals surface area contributed by atoms with E-state index >= 15 is 0 Å². The molecule has 0 amide bonds. The summed E-state index contributed by atoms with van der Waals surface area (Å²) in [6.45, 7) is 2.50. The van der Waals surface area contributed by atoms with Crippen LogP contribution in [0.2, 0.25) is 0 Å². The van der Waals surface area contributed by atoms with Crippen molar-refractivity contribution in [3.63, 3.8) is 0 Å². The van der Waals surface area contributed by atoms with E-state index in [1.54, 1.807) is 0 Å². The summed E-state index contributed by atoms with van der Waals surface area (Å²) in [5.74, 6) is -0.967. The zero-order valence-electron chi connectivity index (χ0n) is 20.1. The molecule has 0 aromatic heterocycles.